The highest BCUT2D eigenvalue weighted by molar-refractivity contribution is 6.31. The predicted molar refractivity (Wildman–Crippen MR) is 255 cm³/mol. The zero-order valence-electron chi connectivity index (χ0n) is 35.8. The number of halogens is 4. The van der Waals surface area contributed by atoms with Gasteiger partial charge in [-0.05, 0) is 86.3 Å². The number of carbonyl (C=O) groups is 6. The summed E-state index contributed by atoms with van der Waals surface area (Å²) in [5.41, 5.74) is 3.29. The number of nitrogens with one attached hydrogen (secondary N) is 4. The molecule has 342 valence electrons. The van der Waals surface area contributed by atoms with E-state index in [2.05, 4.69) is 41.7 Å². The number of aryl methyl sites for hydroxylation is 2. The zero-order chi connectivity index (χ0) is 47.9. The van der Waals surface area contributed by atoms with Gasteiger partial charge in [0.1, 0.15) is 11.5 Å². The van der Waals surface area contributed by atoms with Crippen molar-refractivity contribution in [2.24, 2.45) is 20.5 Å². The number of azo groups is 2. The molecule has 2 atom stereocenters. The summed E-state index contributed by atoms with van der Waals surface area (Å²) in [7, 11) is 2.58. The molecule has 0 saturated carbocycles. The molecule has 20 heteroatoms. The first-order valence-electron chi connectivity index (χ1n) is 19.9. The van der Waals surface area contributed by atoms with Crippen molar-refractivity contribution >= 4 is 116 Å². The minimum atomic E-state index is -1.66. The smallest absolute Gasteiger partial charge is 0.258 e. The summed E-state index contributed by atoms with van der Waals surface area (Å²) in [6.07, 6.45) is 1.06. The molecule has 0 radical (unpaired) electrons. The van der Waals surface area contributed by atoms with E-state index in [0.29, 0.717) is 36.0 Å². The van der Waals surface area contributed by atoms with Crippen molar-refractivity contribution in [3.05, 3.63) is 129 Å². The number of benzene rings is 5. The Bertz CT molecular complexity index is 2530. The van der Waals surface area contributed by atoms with Crippen LogP contribution in [0, 0.1) is 0 Å². The van der Waals surface area contributed by atoms with Gasteiger partial charge >= 0.3 is 0 Å². The van der Waals surface area contributed by atoms with Gasteiger partial charge in [0.25, 0.3) is 23.6 Å². The molecule has 0 fully saturated rings. The molecule has 0 heterocycles. The number of amides is 4. The summed E-state index contributed by atoms with van der Waals surface area (Å²) in [6.45, 7) is 2.29. The maximum Gasteiger partial charge on any atom is 0.258 e. The van der Waals surface area contributed by atoms with Gasteiger partial charge in [-0.25, -0.2) is 0 Å². The molecule has 5 aromatic carbocycles. The third kappa shape index (κ3) is 13.7. The van der Waals surface area contributed by atoms with E-state index >= 15 is 0 Å². The number of Topliss-reactive ketones (excluding diaryl/α,β-unsaturated/α-hetero) is 2. The van der Waals surface area contributed by atoms with Gasteiger partial charge in [0.15, 0.2) is 11.6 Å². The van der Waals surface area contributed by atoms with Gasteiger partial charge in [0.05, 0.1) is 37.0 Å². The lowest BCUT2D eigenvalue weighted by Crippen LogP contribution is -2.32. The van der Waals surface area contributed by atoms with Gasteiger partial charge in [-0.1, -0.05) is 59.6 Å². The summed E-state index contributed by atoms with van der Waals surface area (Å²) in [5.74, 6) is -3.42. The van der Waals surface area contributed by atoms with Crippen LogP contribution in [-0.4, -0.2) is 73.3 Å². The SMILES string of the molecule is COc1cc(NC(=O)C(N=Nc2cc(Cl)cc(C(=O)Nc3ccccc3CCCl)c2)C(C)=O)c(OC)cc1NC(=O)C(N=Nc1cc(Cl)cc(C(=O)Nc2ccccc2CCCl)c1)C(C)=O. The third-order valence-corrected chi connectivity index (χ3v) is 10.2. The lowest BCUT2D eigenvalue weighted by molar-refractivity contribution is -0.127. The summed E-state index contributed by atoms with van der Waals surface area (Å²) in [5, 5.41) is 27.2. The van der Waals surface area contributed by atoms with E-state index in [1.807, 2.05) is 24.3 Å². The quantitative estimate of drug-likeness (QED) is 0.0333. The lowest BCUT2D eigenvalue weighted by atomic mass is 10.1. The fourth-order valence-corrected chi connectivity index (χ4v) is 7.09. The van der Waals surface area contributed by atoms with Gasteiger partial charge in [0, 0.05) is 56.4 Å². The number of para-hydroxylation sites is 2. The fraction of sp³-hybridized carbons (Fsp3) is 0.217. The Labute approximate surface area is 399 Å². The Morgan fingerprint density at radius 2 is 0.909 bits per heavy atom. The number of ether oxygens (including phenoxy) is 2. The summed E-state index contributed by atoms with van der Waals surface area (Å²) in [4.78, 5) is 78.9. The van der Waals surface area contributed by atoms with Crippen LogP contribution in [0.15, 0.2) is 118 Å². The topological polar surface area (TPSA) is 218 Å². The van der Waals surface area contributed by atoms with E-state index in [1.54, 1.807) is 24.3 Å². The van der Waals surface area contributed by atoms with E-state index in [4.69, 9.17) is 55.9 Å². The number of nitrogens with zero attached hydrogens (tertiary/aromatic N) is 4. The van der Waals surface area contributed by atoms with Gasteiger partial charge in [0.2, 0.25) is 12.1 Å². The zero-order valence-corrected chi connectivity index (χ0v) is 38.8. The van der Waals surface area contributed by atoms with E-state index in [-0.39, 0.29) is 55.4 Å². The Hall–Kier alpha value is -6.72. The Kier molecular flexibility index (Phi) is 18.3. The number of carbonyl (C=O) groups excluding carboxylic acids is 6. The van der Waals surface area contributed by atoms with Crippen molar-refractivity contribution in [3.8, 4) is 11.5 Å². The maximum atomic E-state index is 13.5. The number of anilines is 4. The minimum absolute atomic E-state index is 0.00724. The monoisotopic (exact) mass is 974 g/mol. The first-order valence-corrected chi connectivity index (χ1v) is 21.7. The first-order chi connectivity index (χ1) is 31.6. The number of alkyl halides is 2. The standard InChI is InChI=1S/C46H42Cl4N8O8/c1-25(59)41(57-55-33-19-29(17-31(49)21-33)43(61)51-35-11-7-5-9-27(35)13-15-47)45(63)53-37-23-40(66-4)38(24-39(37)65-3)54-46(64)42(26(2)60)58-56-34-20-30(18-32(50)22-34)44(62)52-36-12-8-6-10-28(36)14-16-48/h5-12,17-24,41-42H,13-16H2,1-4H3,(H,51,61)(H,52,62)(H,53,63)(H,54,64). The average Bonchev–Trinajstić information content (AvgIpc) is 3.27. The molecule has 0 aliphatic rings. The number of rotatable bonds is 20. The van der Waals surface area contributed by atoms with Gasteiger partial charge in [-0.15, -0.1) is 23.2 Å². The second-order valence-electron chi connectivity index (χ2n) is 14.2. The molecule has 0 aromatic heterocycles. The summed E-state index contributed by atoms with van der Waals surface area (Å²) >= 11 is 24.5. The summed E-state index contributed by atoms with van der Waals surface area (Å²) in [6, 6.07) is 22.1. The van der Waals surface area contributed by atoms with Crippen molar-refractivity contribution < 1.29 is 38.2 Å². The third-order valence-electron chi connectivity index (χ3n) is 9.43. The second-order valence-corrected chi connectivity index (χ2v) is 15.8. The van der Waals surface area contributed by atoms with E-state index in [1.165, 1.54) is 62.8 Å². The molecule has 0 aliphatic heterocycles. The van der Waals surface area contributed by atoms with Crippen LogP contribution in [0.3, 0.4) is 0 Å². The molecular formula is C46H42Cl4N8O8. The van der Waals surface area contributed by atoms with Gasteiger partial charge in [-0.2, -0.15) is 20.5 Å². The number of hydrogen-bond donors (Lipinski definition) is 4. The highest BCUT2D eigenvalue weighted by Gasteiger charge is 2.28. The lowest BCUT2D eigenvalue weighted by Gasteiger charge is -2.18. The van der Waals surface area contributed by atoms with Crippen molar-refractivity contribution in [3.63, 3.8) is 0 Å². The summed E-state index contributed by atoms with van der Waals surface area (Å²) < 4.78 is 11.0. The van der Waals surface area contributed by atoms with Gasteiger partial charge < -0.3 is 30.7 Å². The predicted octanol–water partition coefficient (Wildman–Crippen LogP) is 10.4. The van der Waals surface area contributed by atoms with Crippen LogP contribution in [0.25, 0.3) is 0 Å². The van der Waals surface area contributed by atoms with Crippen LogP contribution < -0.4 is 30.7 Å². The highest BCUT2D eigenvalue weighted by Crippen LogP contribution is 2.37. The second kappa shape index (κ2) is 24.0. The molecule has 5 aromatic rings. The molecule has 0 bridgehead atoms. The molecule has 4 N–H and O–H groups in total. The number of methoxy groups -OCH3 is 2. The normalized spacial score (nSPS) is 12.0. The number of hydrogen-bond acceptors (Lipinski definition) is 12. The van der Waals surface area contributed by atoms with Crippen molar-refractivity contribution in [2.75, 3.05) is 47.2 Å². The van der Waals surface area contributed by atoms with Crippen LogP contribution in [0.4, 0.5) is 34.1 Å². The van der Waals surface area contributed by atoms with Crippen molar-refractivity contribution in [1.29, 1.82) is 0 Å². The highest BCUT2D eigenvalue weighted by atomic mass is 35.5. The van der Waals surface area contributed by atoms with Crippen LogP contribution in [0.5, 0.6) is 11.5 Å². The van der Waals surface area contributed by atoms with Crippen molar-refractivity contribution in [2.45, 2.75) is 38.8 Å². The molecule has 16 nitrogen and oxygen atoms in total. The van der Waals surface area contributed by atoms with E-state index in [9.17, 15) is 28.8 Å². The molecular weight excluding hydrogens is 934 g/mol. The van der Waals surface area contributed by atoms with Crippen LogP contribution >= 0.6 is 46.4 Å². The fourth-order valence-electron chi connectivity index (χ4n) is 6.22. The molecule has 66 heavy (non-hydrogen) atoms. The average molecular weight is 977 g/mol. The molecule has 0 saturated heterocycles. The minimum Gasteiger partial charge on any atom is -0.494 e. The number of ketones is 2. The molecule has 0 spiro atoms. The largest absolute Gasteiger partial charge is 0.494 e. The van der Waals surface area contributed by atoms with E-state index in [0.717, 1.165) is 25.0 Å². The van der Waals surface area contributed by atoms with Crippen LogP contribution in [0.1, 0.15) is 45.7 Å². The first kappa shape index (κ1) is 50.3. The molecule has 2 unspecified atom stereocenters. The Morgan fingerprint density at radius 3 is 1.26 bits per heavy atom. The van der Waals surface area contributed by atoms with E-state index < -0.39 is 47.3 Å². The van der Waals surface area contributed by atoms with Gasteiger partial charge in [-0.3, -0.25) is 28.8 Å². The Balaban J connectivity index is 1.30. The maximum absolute atomic E-state index is 13.5. The van der Waals surface area contributed by atoms with Crippen molar-refractivity contribution in [1.82, 2.24) is 0 Å². The van der Waals surface area contributed by atoms with Crippen LogP contribution in [0.2, 0.25) is 10.0 Å². The molecule has 0 aliphatic carbocycles. The van der Waals surface area contributed by atoms with Crippen LogP contribution in [-0.2, 0) is 32.0 Å². The Morgan fingerprint density at radius 1 is 0.530 bits per heavy atom. The molecule has 4 amide bonds. The molecule has 5 rings (SSSR count).